The number of fused-ring (bicyclic) bond motifs is 1. The standard InChI is InChI=1S/C15H17N5/c1-10-18-13-9-11(3-4-14(13)20(10)2)12-6-8-17-15(19-12)5-7-16/h3-4,6,8-9H,5,7,16H2,1-2H3. The number of rotatable bonds is 3. The molecule has 0 atom stereocenters. The van der Waals surface area contributed by atoms with Gasteiger partial charge in [-0.2, -0.15) is 0 Å². The van der Waals surface area contributed by atoms with Gasteiger partial charge in [0.1, 0.15) is 11.6 Å². The Morgan fingerprint density at radius 1 is 1.20 bits per heavy atom. The minimum atomic E-state index is 0.557. The lowest BCUT2D eigenvalue weighted by molar-refractivity contribution is 0.869. The highest BCUT2D eigenvalue weighted by Gasteiger charge is 2.07. The summed E-state index contributed by atoms with van der Waals surface area (Å²) in [5.74, 6) is 1.78. The van der Waals surface area contributed by atoms with Crippen molar-refractivity contribution in [3.8, 4) is 11.3 Å². The lowest BCUT2D eigenvalue weighted by atomic mass is 10.1. The highest BCUT2D eigenvalue weighted by molar-refractivity contribution is 5.81. The molecule has 0 radical (unpaired) electrons. The van der Waals surface area contributed by atoms with Gasteiger partial charge in [-0.05, 0) is 31.7 Å². The van der Waals surface area contributed by atoms with Crippen LogP contribution in [-0.4, -0.2) is 26.1 Å². The molecule has 0 bridgehead atoms. The summed E-state index contributed by atoms with van der Waals surface area (Å²) in [4.78, 5) is 13.3. The molecule has 3 rings (SSSR count). The summed E-state index contributed by atoms with van der Waals surface area (Å²) in [6, 6.07) is 8.13. The van der Waals surface area contributed by atoms with Gasteiger partial charge in [-0.1, -0.05) is 6.07 Å². The van der Waals surface area contributed by atoms with Crippen LogP contribution in [0.25, 0.3) is 22.3 Å². The minimum Gasteiger partial charge on any atom is -0.331 e. The van der Waals surface area contributed by atoms with Gasteiger partial charge >= 0.3 is 0 Å². The Morgan fingerprint density at radius 2 is 2.05 bits per heavy atom. The van der Waals surface area contributed by atoms with E-state index in [-0.39, 0.29) is 0 Å². The van der Waals surface area contributed by atoms with Crippen molar-refractivity contribution >= 4 is 11.0 Å². The Morgan fingerprint density at radius 3 is 2.85 bits per heavy atom. The number of benzene rings is 1. The first-order valence-corrected chi connectivity index (χ1v) is 6.64. The van der Waals surface area contributed by atoms with E-state index in [0.717, 1.165) is 33.9 Å². The summed E-state index contributed by atoms with van der Waals surface area (Å²) in [6.07, 6.45) is 2.47. The molecule has 0 spiro atoms. The second-order valence-corrected chi connectivity index (χ2v) is 4.82. The zero-order chi connectivity index (χ0) is 14.1. The van der Waals surface area contributed by atoms with Crippen molar-refractivity contribution in [3.63, 3.8) is 0 Å². The number of nitrogens with zero attached hydrogens (tertiary/aromatic N) is 4. The van der Waals surface area contributed by atoms with E-state index in [9.17, 15) is 0 Å². The number of hydrogen-bond acceptors (Lipinski definition) is 4. The van der Waals surface area contributed by atoms with Crippen LogP contribution < -0.4 is 5.73 Å². The molecule has 0 saturated heterocycles. The third-order valence-corrected chi connectivity index (χ3v) is 3.47. The quantitative estimate of drug-likeness (QED) is 0.786. The minimum absolute atomic E-state index is 0.557. The van der Waals surface area contributed by atoms with Crippen molar-refractivity contribution in [2.75, 3.05) is 6.54 Å². The molecule has 3 aromatic rings. The number of imidazole rings is 1. The molecule has 2 aromatic heterocycles. The molecule has 0 aliphatic carbocycles. The number of hydrogen-bond donors (Lipinski definition) is 1. The fourth-order valence-corrected chi connectivity index (χ4v) is 2.29. The molecule has 5 nitrogen and oxygen atoms in total. The first-order valence-electron chi connectivity index (χ1n) is 6.64. The largest absolute Gasteiger partial charge is 0.331 e. The molecule has 0 unspecified atom stereocenters. The predicted octanol–water partition coefficient (Wildman–Crippen LogP) is 1.84. The van der Waals surface area contributed by atoms with E-state index < -0.39 is 0 Å². The number of aryl methyl sites for hydroxylation is 2. The second-order valence-electron chi connectivity index (χ2n) is 4.82. The maximum Gasteiger partial charge on any atom is 0.130 e. The van der Waals surface area contributed by atoms with Gasteiger partial charge in [0.05, 0.1) is 16.7 Å². The third kappa shape index (κ3) is 2.16. The Hall–Kier alpha value is -2.27. The van der Waals surface area contributed by atoms with E-state index in [1.165, 1.54) is 0 Å². The summed E-state index contributed by atoms with van der Waals surface area (Å²) in [5.41, 5.74) is 9.63. The lowest BCUT2D eigenvalue weighted by Gasteiger charge is -2.03. The van der Waals surface area contributed by atoms with E-state index >= 15 is 0 Å². The van der Waals surface area contributed by atoms with Crippen molar-refractivity contribution in [1.82, 2.24) is 19.5 Å². The second kappa shape index (κ2) is 5.02. The number of nitrogens with two attached hydrogens (primary N) is 1. The van der Waals surface area contributed by atoms with Gasteiger partial charge in [0.15, 0.2) is 0 Å². The average Bonchev–Trinajstić information content (AvgIpc) is 2.74. The van der Waals surface area contributed by atoms with Crippen LogP contribution in [-0.2, 0) is 13.5 Å². The normalized spacial score (nSPS) is 11.2. The molecule has 0 amide bonds. The molecule has 0 fully saturated rings. The van der Waals surface area contributed by atoms with E-state index in [2.05, 4.69) is 37.7 Å². The zero-order valence-corrected chi connectivity index (χ0v) is 11.7. The molecule has 1 aromatic carbocycles. The van der Waals surface area contributed by atoms with E-state index in [4.69, 9.17) is 5.73 Å². The van der Waals surface area contributed by atoms with E-state index in [1.807, 2.05) is 20.0 Å². The van der Waals surface area contributed by atoms with Gasteiger partial charge in [0.25, 0.3) is 0 Å². The van der Waals surface area contributed by atoms with Crippen molar-refractivity contribution in [1.29, 1.82) is 0 Å². The summed E-state index contributed by atoms with van der Waals surface area (Å²) in [6.45, 7) is 2.56. The van der Waals surface area contributed by atoms with Gasteiger partial charge in [0, 0.05) is 25.2 Å². The fraction of sp³-hybridized carbons (Fsp3) is 0.267. The Labute approximate surface area is 117 Å². The summed E-state index contributed by atoms with van der Waals surface area (Å²) in [7, 11) is 2.02. The Kier molecular flexibility index (Phi) is 3.20. The van der Waals surface area contributed by atoms with Gasteiger partial charge in [0.2, 0.25) is 0 Å². The van der Waals surface area contributed by atoms with Crippen LogP contribution in [0.1, 0.15) is 11.6 Å². The maximum absolute atomic E-state index is 5.55. The third-order valence-electron chi connectivity index (χ3n) is 3.47. The van der Waals surface area contributed by atoms with Crippen LogP contribution >= 0.6 is 0 Å². The topological polar surface area (TPSA) is 69.6 Å². The van der Waals surface area contributed by atoms with Gasteiger partial charge in [-0.3, -0.25) is 0 Å². The molecule has 20 heavy (non-hydrogen) atoms. The molecule has 0 saturated carbocycles. The predicted molar refractivity (Wildman–Crippen MR) is 79.2 cm³/mol. The SMILES string of the molecule is Cc1nc2cc(-c3ccnc(CCN)n3)ccc2n1C. The molecule has 5 heteroatoms. The monoisotopic (exact) mass is 267 g/mol. The van der Waals surface area contributed by atoms with Crippen molar-refractivity contribution in [3.05, 3.63) is 42.1 Å². The Balaban J connectivity index is 2.07. The summed E-state index contributed by atoms with van der Waals surface area (Å²) >= 11 is 0. The molecular formula is C15H17N5. The fourth-order valence-electron chi connectivity index (χ4n) is 2.29. The van der Waals surface area contributed by atoms with Crippen LogP contribution in [0.2, 0.25) is 0 Å². The number of aromatic nitrogens is 4. The van der Waals surface area contributed by atoms with Gasteiger partial charge in [-0.25, -0.2) is 15.0 Å². The van der Waals surface area contributed by atoms with Crippen LogP contribution in [0, 0.1) is 6.92 Å². The first-order chi connectivity index (χ1) is 9.69. The Bertz CT molecular complexity index is 760. The van der Waals surface area contributed by atoms with Gasteiger partial charge in [-0.15, -0.1) is 0 Å². The molecular weight excluding hydrogens is 250 g/mol. The van der Waals surface area contributed by atoms with E-state index in [0.29, 0.717) is 13.0 Å². The molecule has 0 aliphatic rings. The van der Waals surface area contributed by atoms with Crippen LogP contribution in [0.3, 0.4) is 0 Å². The molecule has 0 aliphatic heterocycles. The molecule has 2 N–H and O–H groups in total. The summed E-state index contributed by atoms with van der Waals surface area (Å²) in [5, 5.41) is 0. The highest BCUT2D eigenvalue weighted by Crippen LogP contribution is 2.23. The van der Waals surface area contributed by atoms with Crippen LogP contribution in [0.5, 0.6) is 0 Å². The van der Waals surface area contributed by atoms with Crippen molar-refractivity contribution < 1.29 is 0 Å². The summed E-state index contributed by atoms with van der Waals surface area (Å²) < 4.78 is 2.08. The molecule has 2 heterocycles. The lowest BCUT2D eigenvalue weighted by Crippen LogP contribution is -2.06. The zero-order valence-electron chi connectivity index (χ0n) is 11.7. The molecule has 102 valence electrons. The highest BCUT2D eigenvalue weighted by atomic mass is 15.0. The van der Waals surface area contributed by atoms with Crippen molar-refractivity contribution in [2.45, 2.75) is 13.3 Å². The average molecular weight is 267 g/mol. The van der Waals surface area contributed by atoms with Crippen LogP contribution in [0.15, 0.2) is 30.5 Å². The van der Waals surface area contributed by atoms with Crippen LogP contribution in [0.4, 0.5) is 0 Å². The smallest absolute Gasteiger partial charge is 0.130 e. The van der Waals surface area contributed by atoms with Gasteiger partial charge < -0.3 is 10.3 Å². The van der Waals surface area contributed by atoms with Crippen molar-refractivity contribution in [2.24, 2.45) is 12.8 Å². The first kappa shape index (κ1) is 12.7. The maximum atomic E-state index is 5.55. The van der Waals surface area contributed by atoms with E-state index in [1.54, 1.807) is 6.20 Å².